The molecule has 9 heteroatoms. The molecule has 0 spiro atoms. The highest BCUT2D eigenvalue weighted by molar-refractivity contribution is 7.09. The summed E-state index contributed by atoms with van der Waals surface area (Å²) in [4.78, 5) is 8.04. The number of rotatable bonds is 6. The summed E-state index contributed by atoms with van der Waals surface area (Å²) in [5.74, 6) is 0.579. The van der Waals surface area contributed by atoms with E-state index in [1.165, 1.54) is 0 Å². The zero-order chi connectivity index (χ0) is 18.3. The quantitative estimate of drug-likeness (QED) is 0.576. The Balaban J connectivity index is 1.90. The number of nitrogens with one attached hydrogen (secondary N) is 2. The number of nitrogens with zero attached hydrogens (tertiary/aromatic N) is 2. The minimum atomic E-state index is -4.40. The summed E-state index contributed by atoms with van der Waals surface area (Å²) in [6.07, 6.45) is -4.01. The molecule has 0 unspecified atom stereocenters. The van der Waals surface area contributed by atoms with E-state index in [0.717, 1.165) is 22.3 Å². The zero-order valence-corrected chi connectivity index (χ0v) is 15.1. The van der Waals surface area contributed by atoms with Gasteiger partial charge in [-0.1, -0.05) is 29.8 Å². The second kappa shape index (κ2) is 9.05. The van der Waals surface area contributed by atoms with E-state index in [1.807, 2.05) is 25.1 Å². The molecule has 0 radical (unpaired) electrons. The molecule has 0 aliphatic carbocycles. The predicted octanol–water partition coefficient (Wildman–Crippen LogP) is 4.11. The molecule has 2 aromatic rings. The molecule has 25 heavy (non-hydrogen) atoms. The van der Waals surface area contributed by atoms with Gasteiger partial charge in [-0.05, 0) is 18.6 Å². The van der Waals surface area contributed by atoms with Crippen molar-refractivity contribution in [1.82, 2.24) is 15.6 Å². The van der Waals surface area contributed by atoms with E-state index in [4.69, 9.17) is 11.6 Å². The van der Waals surface area contributed by atoms with Crippen LogP contribution in [0.15, 0.2) is 34.6 Å². The third kappa shape index (κ3) is 6.21. The van der Waals surface area contributed by atoms with Crippen LogP contribution in [0.5, 0.6) is 0 Å². The van der Waals surface area contributed by atoms with E-state index in [2.05, 4.69) is 20.6 Å². The Bertz CT molecular complexity index is 715. The Morgan fingerprint density at radius 3 is 2.68 bits per heavy atom. The van der Waals surface area contributed by atoms with Gasteiger partial charge in [0.05, 0.1) is 11.6 Å². The van der Waals surface area contributed by atoms with Crippen molar-refractivity contribution in [3.05, 3.63) is 50.9 Å². The first kappa shape index (κ1) is 19.5. The predicted molar refractivity (Wildman–Crippen MR) is 95.1 cm³/mol. The lowest BCUT2D eigenvalue weighted by Gasteiger charge is -2.11. The Hall–Kier alpha value is -1.80. The number of thiazole rings is 1. The number of alkyl halides is 3. The van der Waals surface area contributed by atoms with Crippen LogP contribution in [0.4, 0.5) is 13.2 Å². The van der Waals surface area contributed by atoms with Gasteiger partial charge in [-0.3, -0.25) is 0 Å². The third-order valence-corrected chi connectivity index (χ3v) is 4.46. The van der Waals surface area contributed by atoms with Crippen molar-refractivity contribution in [2.75, 3.05) is 13.1 Å². The van der Waals surface area contributed by atoms with E-state index < -0.39 is 11.9 Å². The van der Waals surface area contributed by atoms with Gasteiger partial charge in [0.25, 0.3) is 0 Å². The fourth-order valence-electron chi connectivity index (χ4n) is 1.98. The number of guanidine groups is 1. The van der Waals surface area contributed by atoms with Gasteiger partial charge < -0.3 is 10.6 Å². The van der Waals surface area contributed by atoms with Crippen LogP contribution in [0.1, 0.15) is 23.2 Å². The number of aliphatic imine (C=N–C) groups is 1. The van der Waals surface area contributed by atoms with Gasteiger partial charge in [0.15, 0.2) is 11.7 Å². The highest BCUT2D eigenvalue weighted by atomic mass is 35.5. The van der Waals surface area contributed by atoms with E-state index in [1.54, 1.807) is 6.07 Å². The average Bonchev–Trinajstić information content (AvgIpc) is 3.03. The van der Waals surface area contributed by atoms with Gasteiger partial charge in [0.2, 0.25) is 0 Å². The minimum absolute atomic E-state index is 0.386. The van der Waals surface area contributed by atoms with Crippen LogP contribution >= 0.6 is 22.9 Å². The first-order chi connectivity index (χ1) is 11.9. The standard InChI is InChI=1S/C16H18ClF3N4S/c1-2-21-15(23-9-11-5-3-4-6-12(11)17)22-8-7-14-24-13(10-25-14)16(18,19)20/h3-6,10H,2,7-9H2,1H3,(H2,21,22,23). The van der Waals surface area contributed by atoms with Gasteiger partial charge in [-0.2, -0.15) is 13.2 Å². The number of benzene rings is 1. The van der Waals surface area contributed by atoms with Gasteiger partial charge in [-0.25, -0.2) is 9.98 Å². The smallest absolute Gasteiger partial charge is 0.357 e. The zero-order valence-electron chi connectivity index (χ0n) is 13.5. The van der Waals surface area contributed by atoms with E-state index in [9.17, 15) is 13.2 Å². The van der Waals surface area contributed by atoms with Crippen molar-refractivity contribution >= 4 is 28.9 Å². The second-order valence-corrected chi connectivity index (χ2v) is 6.44. The number of aromatic nitrogens is 1. The van der Waals surface area contributed by atoms with Crippen LogP contribution in [0, 0.1) is 0 Å². The maximum Gasteiger partial charge on any atom is 0.434 e. The van der Waals surface area contributed by atoms with Crippen LogP contribution in [-0.4, -0.2) is 24.0 Å². The van der Waals surface area contributed by atoms with Crippen molar-refractivity contribution < 1.29 is 13.2 Å². The first-order valence-corrected chi connectivity index (χ1v) is 8.93. The monoisotopic (exact) mass is 390 g/mol. The molecule has 0 bridgehead atoms. The Labute approximate surface area is 153 Å². The average molecular weight is 391 g/mol. The summed E-state index contributed by atoms with van der Waals surface area (Å²) in [7, 11) is 0. The molecule has 1 aromatic carbocycles. The molecule has 0 saturated heterocycles. The summed E-state index contributed by atoms with van der Waals surface area (Å²) in [6.45, 7) is 3.44. The lowest BCUT2D eigenvalue weighted by atomic mass is 10.2. The van der Waals surface area contributed by atoms with Crippen molar-refractivity contribution in [2.45, 2.75) is 26.1 Å². The topological polar surface area (TPSA) is 49.3 Å². The second-order valence-electron chi connectivity index (χ2n) is 5.09. The molecular weight excluding hydrogens is 373 g/mol. The molecule has 0 atom stereocenters. The summed E-state index contributed by atoms with van der Waals surface area (Å²) in [5.41, 5.74) is 0.0582. The molecule has 1 aromatic heterocycles. The first-order valence-electron chi connectivity index (χ1n) is 7.67. The molecular formula is C16H18ClF3N4S. The van der Waals surface area contributed by atoms with Crippen molar-refractivity contribution in [3.63, 3.8) is 0 Å². The molecule has 2 N–H and O–H groups in total. The molecule has 0 aliphatic heterocycles. The molecule has 2 rings (SSSR count). The highest BCUT2D eigenvalue weighted by Gasteiger charge is 2.33. The lowest BCUT2D eigenvalue weighted by molar-refractivity contribution is -0.140. The SMILES string of the molecule is CCNC(=NCc1ccccc1Cl)NCCc1nc(C(F)(F)F)cs1. The van der Waals surface area contributed by atoms with Crippen LogP contribution in [-0.2, 0) is 19.1 Å². The van der Waals surface area contributed by atoms with Gasteiger partial charge in [0, 0.05) is 29.9 Å². The number of hydrogen-bond acceptors (Lipinski definition) is 3. The molecule has 4 nitrogen and oxygen atoms in total. The molecule has 0 aliphatic rings. The lowest BCUT2D eigenvalue weighted by Crippen LogP contribution is -2.38. The van der Waals surface area contributed by atoms with Crippen LogP contribution in [0.25, 0.3) is 0 Å². The van der Waals surface area contributed by atoms with Crippen molar-refractivity contribution in [1.29, 1.82) is 0 Å². The van der Waals surface area contributed by atoms with Crippen molar-refractivity contribution in [3.8, 4) is 0 Å². The van der Waals surface area contributed by atoms with Crippen LogP contribution in [0.2, 0.25) is 5.02 Å². The summed E-state index contributed by atoms with van der Waals surface area (Å²) >= 11 is 7.10. The molecule has 0 saturated carbocycles. The van der Waals surface area contributed by atoms with E-state index in [-0.39, 0.29) is 0 Å². The number of hydrogen-bond donors (Lipinski definition) is 2. The van der Waals surface area contributed by atoms with Crippen molar-refractivity contribution in [2.24, 2.45) is 4.99 Å². The van der Waals surface area contributed by atoms with E-state index in [0.29, 0.717) is 42.0 Å². The molecule has 0 amide bonds. The Kier molecular flexibility index (Phi) is 7.07. The third-order valence-electron chi connectivity index (χ3n) is 3.18. The minimum Gasteiger partial charge on any atom is -0.357 e. The molecule has 0 fully saturated rings. The normalized spacial score (nSPS) is 12.3. The number of halogens is 4. The highest BCUT2D eigenvalue weighted by Crippen LogP contribution is 2.30. The fraction of sp³-hybridized carbons (Fsp3) is 0.375. The van der Waals surface area contributed by atoms with Crippen LogP contribution < -0.4 is 10.6 Å². The van der Waals surface area contributed by atoms with Crippen LogP contribution in [0.3, 0.4) is 0 Å². The van der Waals surface area contributed by atoms with E-state index >= 15 is 0 Å². The fourth-order valence-corrected chi connectivity index (χ4v) is 2.98. The summed E-state index contributed by atoms with van der Waals surface area (Å²) < 4.78 is 37.6. The largest absolute Gasteiger partial charge is 0.434 e. The molecule has 1 heterocycles. The van der Waals surface area contributed by atoms with Gasteiger partial charge in [-0.15, -0.1) is 11.3 Å². The maximum atomic E-state index is 12.5. The summed E-state index contributed by atoms with van der Waals surface area (Å²) in [5, 5.41) is 8.28. The van der Waals surface area contributed by atoms with Gasteiger partial charge >= 0.3 is 6.18 Å². The Morgan fingerprint density at radius 1 is 1.28 bits per heavy atom. The Morgan fingerprint density at radius 2 is 2.04 bits per heavy atom. The molecule has 136 valence electrons. The van der Waals surface area contributed by atoms with Gasteiger partial charge in [0.1, 0.15) is 0 Å². The maximum absolute atomic E-state index is 12.5. The summed E-state index contributed by atoms with van der Waals surface area (Å²) in [6, 6.07) is 7.43.